The Morgan fingerprint density at radius 3 is 2.48 bits per heavy atom. The van der Waals surface area contributed by atoms with Gasteiger partial charge in [-0.05, 0) is 49.2 Å². The zero-order valence-electron chi connectivity index (χ0n) is 14.2. The van der Waals surface area contributed by atoms with Crippen molar-refractivity contribution in [3.05, 3.63) is 70.7 Å². The third-order valence-corrected chi connectivity index (χ3v) is 4.96. The minimum absolute atomic E-state index is 0.0223. The van der Waals surface area contributed by atoms with Crippen LogP contribution in [0.2, 0.25) is 5.02 Å². The lowest BCUT2D eigenvalue weighted by molar-refractivity contribution is -0.123. The van der Waals surface area contributed by atoms with Crippen molar-refractivity contribution in [1.82, 2.24) is 4.90 Å². The summed E-state index contributed by atoms with van der Waals surface area (Å²) in [4.78, 5) is 27.2. The lowest BCUT2D eigenvalue weighted by Gasteiger charge is -2.32. The quantitative estimate of drug-likeness (QED) is 0.569. The molecular weight excluding hydrogens is 334 g/mol. The van der Waals surface area contributed by atoms with E-state index >= 15 is 0 Å². The number of piperidine rings is 1. The van der Waals surface area contributed by atoms with Crippen molar-refractivity contribution in [3.8, 4) is 0 Å². The minimum Gasteiger partial charge on any atom is -0.299 e. The van der Waals surface area contributed by atoms with E-state index in [0.29, 0.717) is 10.6 Å². The van der Waals surface area contributed by atoms with Crippen molar-refractivity contribution in [1.29, 1.82) is 0 Å². The zero-order valence-corrected chi connectivity index (χ0v) is 14.9. The van der Waals surface area contributed by atoms with Crippen LogP contribution >= 0.6 is 11.6 Å². The highest BCUT2D eigenvalue weighted by molar-refractivity contribution is 6.30. The Kier molecular flexibility index (Phi) is 6.00. The van der Waals surface area contributed by atoms with Crippen molar-refractivity contribution >= 4 is 23.2 Å². The molecule has 1 unspecified atom stereocenters. The van der Waals surface area contributed by atoms with Crippen LogP contribution < -0.4 is 0 Å². The highest BCUT2D eigenvalue weighted by Gasteiger charge is 2.27. The molecule has 0 bridgehead atoms. The van der Waals surface area contributed by atoms with Crippen LogP contribution in [0.1, 0.15) is 35.2 Å². The first-order chi connectivity index (χ1) is 12.1. The second kappa shape index (κ2) is 8.41. The molecule has 0 aromatic heterocycles. The molecule has 1 atom stereocenters. The van der Waals surface area contributed by atoms with E-state index < -0.39 is 0 Å². The van der Waals surface area contributed by atoms with E-state index in [4.69, 9.17) is 11.6 Å². The van der Waals surface area contributed by atoms with Crippen LogP contribution in [-0.4, -0.2) is 29.6 Å². The summed E-state index contributed by atoms with van der Waals surface area (Å²) in [5.41, 5.74) is 1.81. The maximum absolute atomic E-state index is 12.6. The van der Waals surface area contributed by atoms with E-state index in [1.165, 1.54) is 5.56 Å². The van der Waals surface area contributed by atoms with Gasteiger partial charge in [-0.25, -0.2) is 0 Å². The largest absolute Gasteiger partial charge is 0.299 e. The SMILES string of the molecule is O=C(CC(=O)C1CCCN(Cc2ccccc2)C1)c1ccc(Cl)cc1. The van der Waals surface area contributed by atoms with Crippen molar-refractivity contribution < 1.29 is 9.59 Å². The summed E-state index contributed by atoms with van der Waals surface area (Å²) in [6.07, 6.45) is 1.85. The Balaban J connectivity index is 1.56. The summed E-state index contributed by atoms with van der Waals surface area (Å²) in [7, 11) is 0. The van der Waals surface area contributed by atoms with E-state index in [9.17, 15) is 9.59 Å². The van der Waals surface area contributed by atoms with Crippen molar-refractivity contribution in [2.75, 3.05) is 13.1 Å². The van der Waals surface area contributed by atoms with E-state index in [1.54, 1.807) is 24.3 Å². The third-order valence-electron chi connectivity index (χ3n) is 4.71. The van der Waals surface area contributed by atoms with Gasteiger partial charge in [-0.3, -0.25) is 14.5 Å². The number of nitrogens with zero attached hydrogens (tertiary/aromatic N) is 1. The number of ketones is 2. The fraction of sp³-hybridized carbons (Fsp3) is 0.333. The second-order valence-corrected chi connectivity index (χ2v) is 7.07. The molecule has 2 aromatic carbocycles. The van der Waals surface area contributed by atoms with Gasteiger partial charge in [-0.15, -0.1) is 0 Å². The molecule has 0 spiro atoms. The molecule has 25 heavy (non-hydrogen) atoms. The normalized spacial score (nSPS) is 18.0. The van der Waals surface area contributed by atoms with E-state index in [-0.39, 0.29) is 23.9 Å². The molecule has 3 nitrogen and oxygen atoms in total. The predicted molar refractivity (Wildman–Crippen MR) is 99.8 cm³/mol. The molecule has 0 N–H and O–H groups in total. The smallest absolute Gasteiger partial charge is 0.170 e. The summed E-state index contributed by atoms with van der Waals surface area (Å²) in [5.74, 6) is -0.117. The molecule has 0 amide bonds. The first-order valence-corrected chi connectivity index (χ1v) is 9.07. The molecule has 1 saturated heterocycles. The Morgan fingerprint density at radius 2 is 1.76 bits per heavy atom. The average molecular weight is 356 g/mol. The Labute approximate surface area is 153 Å². The molecule has 1 heterocycles. The lowest BCUT2D eigenvalue weighted by atomic mass is 9.90. The maximum atomic E-state index is 12.6. The average Bonchev–Trinajstić information content (AvgIpc) is 2.63. The molecule has 1 fully saturated rings. The first kappa shape index (κ1) is 17.8. The summed E-state index contributed by atoms with van der Waals surface area (Å²) >= 11 is 5.84. The molecule has 0 aliphatic carbocycles. The van der Waals surface area contributed by atoms with Gasteiger partial charge in [0.2, 0.25) is 0 Å². The van der Waals surface area contributed by atoms with Gasteiger partial charge in [0, 0.05) is 29.6 Å². The monoisotopic (exact) mass is 355 g/mol. The van der Waals surface area contributed by atoms with Crippen LogP contribution in [0.3, 0.4) is 0 Å². The number of benzene rings is 2. The van der Waals surface area contributed by atoms with E-state index in [0.717, 1.165) is 32.5 Å². The number of likely N-dealkylation sites (tertiary alicyclic amines) is 1. The van der Waals surface area contributed by atoms with Crippen LogP contribution in [-0.2, 0) is 11.3 Å². The van der Waals surface area contributed by atoms with E-state index in [1.807, 2.05) is 18.2 Å². The number of carbonyl (C=O) groups is 2. The molecule has 1 aliphatic rings. The Hall–Kier alpha value is -1.97. The van der Waals surface area contributed by atoms with Crippen molar-refractivity contribution in [2.45, 2.75) is 25.8 Å². The Bertz CT molecular complexity index is 727. The zero-order chi connectivity index (χ0) is 17.6. The molecular formula is C21H22ClNO2. The van der Waals surface area contributed by atoms with Crippen LogP contribution in [0.4, 0.5) is 0 Å². The summed E-state index contributed by atoms with van der Waals surface area (Å²) < 4.78 is 0. The molecule has 3 rings (SSSR count). The fourth-order valence-electron chi connectivity index (χ4n) is 3.34. The number of rotatable bonds is 6. The number of halogens is 1. The number of carbonyl (C=O) groups excluding carboxylic acids is 2. The fourth-order valence-corrected chi connectivity index (χ4v) is 3.47. The third kappa shape index (κ3) is 5.00. The van der Waals surface area contributed by atoms with Gasteiger partial charge in [0.25, 0.3) is 0 Å². The standard InChI is InChI=1S/C21H22ClNO2/c22-19-10-8-17(9-11-19)20(24)13-21(25)18-7-4-12-23(15-18)14-16-5-2-1-3-6-16/h1-3,5-6,8-11,18H,4,7,12-15H2. The molecule has 1 aliphatic heterocycles. The van der Waals surface area contributed by atoms with Gasteiger partial charge in [0.05, 0.1) is 6.42 Å². The van der Waals surface area contributed by atoms with Gasteiger partial charge >= 0.3 is 0 Å². The van der Waals surface area contributed by atoms with Crippen LogP contribution in [0.25, 0.3) is 0 Å². The second-order valence-electron chi connectivity index (χ2n) is 6.63. The maximum Gasteiger partial charge on any atom is 0.170 e. The van der Waals surface area contributed by atoms with Crippen LogP contribution in [0.15, 0.2) is 54.6 Å². The van der Waals surface area contributed by atoms with Crippen LogP contribution in [0.5, 0.6) is 0 Å². The molecule has 2 aromatic rings. The van der Waals surface area contributed by atoms with Gasteiger partial charge in [-0.2, -0.15) is 0 Å². The number of Topliss-reactive ketones (excluding diaryl/α,β-unsaturated/α-hetero) is 2. The van der Waals surface area contributed by atoms with Gasteiger partial charge in [0.1, 0.15) is 5.78 Å². The topological polar surface area (TPSA) is 37.4 Å². The van der Waals surface area contributed by atoms with E-state index in [2.05, 4.69) is 17.0 Å². The molecule has 4 heteroatoms. The summed E-state index contributed by atoms with van der Waals surface area (Å²) in [6.45, 7) is 2.60. The predicted octanol–water partition coefficient (Wildman–Crippen LogP) is 4.39. The highest BCUT2D eigenvalue weighted by atomic mass is 35.5. The van der Waals surface area contributed by atoms with Crippen LogP contribution in [0, 0.1) is 5.92 Å². The van der Waals surface area contributed by atoms with Gasteiger partial charge < -0.3 is 0 Å². The molecule has 130 valence electrons. The molecule has 0 radical (unpaired) electrons. The van der Waals surface area contributed by atoms with Crippen molar-refractivity contribution in [3.63, 3.8) is 0 Å². The summed E-state index contributed by atoms with van der Waals surface area (Å²) in [5, 5.41) is 0.590. The first-order valence-electron chi connectivity index (χ1n) is 8.69. The van der Waals surface area contributed by atoms with Gasteiger partial charge in [-0.1, -0.05) is 41.9 Å². The van der Waals surface area contributed by atoms with Gasteiger partial charge in [0.15, 0.2) is 5.78 Å². The lowest BCUT2D eigenvalue weighted by Crippen LogP contribution is -2.38. The Morgan fingerprint density at radius 1 is 1.04 bits per heavy atom. The minimum atomic E-state index is -0.123. The van der Waals surface area contributed by atoms with Crippen molar-refractivity contribution in [2.24, 2.45) is 5.92 Å². The number of hydrogen-bond donors (Lipinski definition) is 0. The number of hydrogen-bond acceptors (Lipinski definition) is 3. The summed E-state index contributed by atoms with van der Waals surface area (Å²) in [6, 6.07) is 17.0. The highest BCUT2D eigenvalue weighted by Crippen LogP contribution is 2.21. The molecule has 0 saturated carbocycles.